The van der Waals surface area contributed by atoms with Crippen LogP contribution in [0.3, 0.4) is 0 Å². The maximum absolute atomic E-state index is 3.57. The van der Waals surface area contributed by atoms with E-state index in [-0.39, 0.29) is 0 Å². The van der Waals surface area contributed by atoms with Crippen LogP contribution in [-0.4, -0.2) is 19.6 Å². The summed E-state index contributed by atoms with van der Waals surface area (Å²) in [5.74, 6) is 0.732. The van der Waals surface area contributed by atoms with E-state index in [1.54, 1.807) is 0 Å². The first-order chi connectivity index (χ1) is 9.11. The third-order valence-electron chi connectivity index (χ3n) is 3.88. The van der Waals surface area contributed by atoms with Crippen LogP contribution in [0, 0.1) is 5.92 Å². The van der Waals surface area contributed by atoms with E-state index in [1.807, 2.05) is 0 Å². The van der Waals surface area contributed by atoms with Crippen molar-refractivity contribution in [3.05, 3.63) is 29.3 Å². The third-order valence-corrected chi connectivity index (χ3v) is 3.88. The minimum absolute atomic E-state index is 0.462. The fourth-order valence-electron chi connectivity index (χ4n) is 2.87. The van der Waals surface area contributed by atoms with Crippen molar-refractivity contribution in [1.82, 2.24) is 5.32 Å². The summed E-state index contributed by atoms with van der Waals surface area (Å²) in [6, 6.07) is 7.49. The Morgan fingerprint density at radius 1 is 1.26 bits per heavy atom. The zero-order chi connectivity index (χ0) is 13.8. The zero-order valence-corrected chi connectivity index (χ0v) is 12.9. The molecule has 0 bridgehead atoms. The van der Waals surface area contributed by atoms with E-state index in [4.69, 9.17) is 0 Å². The van der Waals surface area contributed by atoms with Crippen molar-refractivity contribution in [2.45, 2.75) is 46.6 Å². The smallest absolute Gasteiger partial charge is 0.0399 e. The van der Waals surface area contributed by atoms with Gasteiger partial charge in [-0.2, -0.15) is 0 Å². The number of hydrogen-bond acceptors (Lipinski definition) is 2. The predicted molar refractivity (Wildman–Crippen MR) is 83.9 cm³/mol. The molecule has 106 valence electrons. The lowest BCUT2D eigenvalue weighted by Crippen LogP contribution is -2.25. The van der Waals surface area contributed by atoms with Crippen LogP contribution in [0.2, 0.25) is 0 Å². The van der Waals surface area contributed by atoms with Crippen LogP contribution >= 0.6 is 0 Å². The predicted octanol–water partition coefficient (Wildman–Crippen LogP) is 3.77. The molecule has 2 rings (SSSR count). The highest BCUT2D eigenvalue weighted by Gasteiger charge is 2.20. The van der Waals surface area contributed by atoms with Crippen LogP contribution in [0.1, 0.15) is 51.3 Å². The van der Waals surface area contributed by atoms with Gasteiger partial charge in [-0.05, 0) is 49.4 Å². The summed E-state index contributed by atoms with van der Waals surface area (Å²) in [6.07, 6.45) is 2.40. The topological polar surface area (TPSA) is 15.3 Å². The standard InChI is InChI=1S/C17H28N2/c1-5-9-18-14(4)15-6-7-17-16(11-15)8-10-19(17)12-13(2)3/h6-7,11,13-14,18H,5,8-10,12H2,1-4H3. The van der Waals surface area contributed by atoms with Crippen LogP contribution in [0.15, 0.2) is 18.2 Å². The van der Waals surface area contributed by atoms with E-state index in [0.717, 1.165) is 12.5 Å². The second kappa shape index (κ2) is 6.42. The fourth-order valence-corrected chi connectivity index (χ4v) is 2.87. The Bertz CT molecular complexity index is 412. The summed E-state index contributed by atoms with van der Waals surface area (Å²) in [4.78, 5) is 2.54. The van der Waals surface area contributed by atoms with Gasteiger partial charge in [0.25, 0.3) is 0 Å². The van der Waals surface area contributed by atoms with E-state index >= 15 is 0 Å². The molecule has 1 heterocycles. The molecule has 1 N–H and O–H groups in total. The van der Waals surface area contributed by atoms with Crippen LogP contribution in [0.5, 0.6) is 0 Å². The third kappa shape index (κ3) is 3.50. The van der Waals surface area contributed by atoms with Gasteiger partial charge >= 0.3 is 0 Å². The Hall–Kier alpha value is -1.02. The first kappa shape index (κ1) is 14.4. The lowest BCUT2D eigenvalue weighted by Gasteiger charge is -2.22. The molecule has 0 fully saturated rings. The molecule has 0 amide bonds. The van der Waals surface area contributed by atoms with Gasteiger partial charge in [0.05, 0.1) is 0 Å². The van der Waals surface area contributed by atoms with Gasteiger partial charge in [-0.3, -0.25) is 0 Å². The second-order valence-electron chi connectivity index (χ2n) is 6.15. The number of anilines is 1. The van der Waals surface area contributed by atoms with Crippen molar-refractivity contribution in [3.8, 4) is 0 Å². The highest BCUT2D eigenvalue weighted by atomic mass is 15.1. The van der Waals surface area contributed by atoms with Crippen molar-refractivity contribution in [2.24, 2.45) is 5.92 Å². The minimum atomic E-state index is 0.462. The number of hydrogen-bond donors (Lipinski definition) is 1. The van der Waals surface area contributed by atoms with Crippen LogP contribution in [0.25, 0.3) is 0 Å². The molecule has 1 unspecified atom stereocenters. The molecule has 0 saturated heterocycles. The van der Waals surface area contributed by atoms with Crippen molar-refractivity contribution in [1.29, 1.82) is 0 Å². The summed E-state index contributed by atoms with van der Waals surface area (Å²) >= 11 is 0. The van der Waals surface area contributed by atoms with Crippen LogP contribution < -0.4 is 10.2 Å². The molecule has 0 spiro atoms. The molecule has 2 nitrogen and oxygen atoms in total. The maximum atomic E-state index is 3.57. The molecule has 0 aromatic heterocycles. The van der Waals surface area contributed by atoms with Gasteiger partial charge in [0.2, 0.25) is 0 Å². The molecule has 0 saturated carbocycles. The van der Waals surface area contributed by atoms with E-state index in [2.05, 4.69) is 56.1 Å². The number of rotatable bonds is 6. The SMILES string of the molecule is CCCNC(C)c1ccc2c(c1)CCN2CC(C)C. The van der Waals surface area contributed by atoms with E-state index in [1.165, 1.54) is 42.7 Å². The van der Waals surface area contributed by atoms with Gasteiger partial charge in [0, 0.05) is 24.8 Å². The van der Waals surface area contributed by atoms with Gasteiger partial charge in [0.15, 0.2) is 0 Å². The van der Waals surface area contributed by atoms with Crippen molar-refractivity contribution in [3.63, 3.8) is 0 Å². The second-order valence-corrected chi connectivity index (χ2v) is 6.15. The molecular formula is C17H28N2. The van der Waals surface area contributed by atoms with Crippen molar-refractivity contribution >= 4 is 5.69 Å². The van der Waals surface area contributed by atoms with Gasteiger partial charge < -0.3 is 10.2 Å². The molecule has 1 atom stereocenters. The van der Waals surface area contributed by atoms with E-state index in [9.17, 15) is 0 Å². The van der Waals surface area contributed by atoms with Crippen molar-refractivity contribution in [2.75, 3.05) is 24.5 Å². The number of nitrogens with zero attached hydrogens (tertiary/aromatic N) is 1. The lowest BCUT2D eigenvalue weighted by molar-refractivity contribution is 0.570. The van der Waals surface area contributed by atoms with Gasteiger partial charge in [0.1, 0.15) is 0 Å². The molecule has 1 aromatic rings. The average Bonchev–Trinajstić information content (AvgIpc) is 2.77. The Kier molecular flexibility index (Phi) is 4.87. The first-order valence-electron chi connectivity index (χ1n) is 7.73. The summed E-state index contributed by atoms with van der Waals surface area (Å²) in [6.45, 7) is 12.5. The fraction of sp³-hybridized carbons (Fsp3) is 0.647. The average molecular weight is 260 g/mol. The molecular weight excluding hydrogens is 232 g/mol. The molecule has 1 aliphatic heterocycles. The Morgan fingerprint density at radius 3 is 2.74 bits per heavy atom. The number of fused-ring (bicyclic) bond motifs is 1. The molecule has 0 aliphatic carbocycles. The summed E-state index contributed by atoms with van der Waals surface area (Å²) in [7, 11) is 0. The molecule has 0 radical (unpaired) electrons. The van der Waals surface area contributed by atoms with Crippen LogP contribution in [0.4, 0.5) is 5.69 Å². The van der Waals surface area contributed by atoms with E-state index < -0.39 is 0 Å². The number of nitrogens with one attached hydrogen (secondary N) is 1. The normalized spacial score (nSPS) is 15.9. The van der Waals surface area contributed by atoms with Crippen LogP contribution in [-0.2, 0) is 6.42 Å². The quantitative estimate of drug-likeness (QED) is 0.837. The Labute approximate surface area is 118 Å². The summed E-state index contributed by atoms with van der Waals surface area (Å²) in [5.41, 5.74) is 4.42. The number of benzene rings is 1. The largest absolute Gasteiger partial charge is 0.371 e. The Balaban J connectivity index is 2.08. The molecule has 2 heteroatoms. The zero-order valence-electron chi connectivity index (χ0n) is 12.9. The molecule has 19 heavy (non-hydrogen) atoms. The molecule has 1 aromatic carbocycles. The lowest BCUT2D eigenvalue weighted by atomic mass is 10.0. The van der Waals surface area contributed by atoms with Gasteiger partial charge in [-0.25, -0.2) is 0 Å². The maximum Gasteiger partial charge on any atom is 0.0399 e. The highest BCUT2D eigenvalue weighted by Crippen LogP contribution is 2.31. The monoisotopic (exact) mass is 260 g/mol. The van der Waals surface area contributed by atoms with Crippen molar-refractivity contribution < 1.29 is 0 Å². The van der Waals surface area contributed by atoms with E-state index in [0.29, 0.717) is 6.04 Å². The molecule has 1 aliphatic rings. The summed E-state index contributed by atoms with van der Waals surface area (Å²) in [5, 5.41) is 3.57. The van der Waals surface area contributed by atoms with Gasteiger partial charge in [-0.15, -0.1) is 0 Å². The summed E-state index contributed by atoms with van der Waals surface area (Å²) < 4.78 is 0. The Morgan fingerprint density at radius 2 is 2.05 bits per heavy atom. The van der Waals surface area contributed by atoms with Gasteiger partial charge in [-0.1, -0.05) is 32.9 Å². The minimum Gasteiger partial charge on any atom is -0.371 e. The first-order valence-corrected chi connectivity index (χ1v) is 7.73. The highest BCUT2D eigenvalue weighted by molar-refractivity contribution is 5.59.